The van der Waals surface area contributed by atoms with Gasteiger partial charge >= 0.3 is 50.4 Å². The monoisotopic (exact) mass is 300 g/mol. The van der Waals surface area contributed by atoms with Crippen LogP contribution in [0.1, 0.15) is 0 Å². The average molecular weight is 300 g/mol. The molecule has 0 spiro atoms. The van der Waals surface area contributed by atoms with E-state index in [2.05, 4.69) is 21.5 Å². The fourth-order valence-electron chi connectivity index (χ4n) is 0.297. The number of hydrogen-bond donors (Lipinski definition) is 2. The molecule has 0 aromatic rings. The third kappa shape index (κ3) is 31.4. The molecule has 0 unspecified atom stereocenters. The molecule has 0 aromatic carbocycles. The third-order valence-corrected chi connectivity index (χ3v) is 1.51. The van der Waals surface area contributed by atoms with Gasteiger partial charge in [0.15, 0.2) is 0 Å². The molecular formula is C6H13NaO8S2. The van der Waals surface area contributed by atoms with Crippen molar-refractivity contribution in [3.63, 3.8) is 0 Å². The molecule has 0 aliphatic heterocycles. The molecule has 0 radical (unpaired) electrons. The van der Waals surface area contributed by atoms with Crippen molar-refractivity contribution in [1.82, 2.24) is 0 Å². The molecule has 0 aromatic heterocycles. The molecule has 0 aliphatic carbocycles. The fourth-order valence-corrected chi connectivity index (χ4v) is 0.891. The Kier molecular flexibility index (Phi) is 14.9. The molecule has 0 atom stereocenters. The molecule has 0 saturated heterocycles. The van der Waals surface area contributed by atoms with Crippen LogP contribution in [0.2, 0.25) is 0 Å². The van der Waals surface area contributed by atoms with Gasteiger partial charge in [0.05, 0.1) is 13.2 Å². The zero-order valence-electron chi connectivity index (χ0n) is 8.14. The molecule has 0 aliphatic rings. The molecule has 2 N–H and O–H groups in total. The SMILES string of the molecule is C=CCOS(=O)(=O)OCC=C.O=S(=O)(O)O.[NaH]. The van der Waals surface area contributed by atoms with Gasteiger partial charge in [0.1, 0.15) is 0 Å². The molecule has 11 heteroatoms. The van der Waals surface area contributed by atoms with Crippen LogP contribution in [0.15, 0.2) is 25.3 Å². The second kappa shape index (κ2) is 11.3. The standard InChI is InChI=1S/C6H10O4S.Na.H2O4S.H/c1-3-5-9-11(7,8)10-6-4-2;;1-5(2,3)4;/h3-4H,1-2,5-6H2;;(H2,1,2,3,4);. The molecule has 0 amide bonds. The zero-order valence-corrected chi connectivity index (χ0v) is 9.78. The van der Waals surface area contributed by atoms with Gasteiger partial charge in [-0.25, -0.2) is 8.37 Å². The van der Waals surface area contributed by atoms with Gasteiger partial charge < -0.3 is 0 Å². The Morgan fingerprint density at radius 1 is 0.941 bits per heavy atom. The Labute approximate surface area is 123 Å². The first-order chi connectivity index (χ1) is 7.12. The first kappa shape index (κ1) is 22.4. The minimum atomic E-state index is -4.67. The van der Waals surface area contributed by atoms with Crippen LogP contribution in [0.4, 0.5) is 0 Å². The maximum atomic E-state index is 10.6. The summed E-state index contributed by atoms with van der Waals surface area (Å²) in [7, 11) is -8.52. The van der Waals surface area contributed by atoms with Crippen LogP contribution >= 0.6 is 0 Å². The van der Waals surface area contributed by atoms with Crippen molar-refractivity contribution < 1.29 is 34.3 Å². The van der Waals surface area contributed by atoms with Crippen molar-refractivity contribution in [2.45, 2.75) is 0 Å². The van der Waals surface area contributed by atoms with E-state index < -0.39 is 20.8 Å². The van der Waals surface area contributed by atoms with Crippen LogP contribution in [0.3, 0.4) is 0 Å². The fraction of sp³-hybridized carbons (Fsp3) is 0.333. The van der Waals surface area contributed by atoms with Gasteiger partial charge in [-0.15, -0.1) is 13.2 Å². The van der Waals surface area contributed by atoms with Gasteiger partial charge in [0.2, 0.25) is 0 Å². The van der Waals surface area contributed by atoms with Crippen molar-refractivity contribution in [2.24, 2.45) is 0 Å². The number of hydrogen-bond acceptors (Lipinski definition) is 6. The van der Waals surface area contributed by atoms with E-state index in [1.54, 1.807) is 0 Å². The Morgan fingerprint density at radius 3 is 1.35 bits per heavy atom. The molecule has 0 rings (SSSR count). The molecule has 0 saturated carbocycles. The Hall–Kier alpha value is 0.220. The van der Waals surface area contributed by atoms with Gasteiger partial charge in [-0.2, -0.15) is 16.8 Å². The van der Waals surface area contributed by atoms with Gasteiger partial charge in [0, 0.05) is 0 Å². The summed E-state index contributed by atoms with van der Waals surface area (Å²) in [4.78, 5) is 0. The van der Waals surface area contributed by atoms with Gasteiger partial charge in [-0.1, -0.05) is 12.2 Å². The summed E-state index contributed by atoms with van der Waals surface area (Å²) in [5, 5.41) is 0. The Balaban J connectivity index is -0.000000280. The van der Waals surface area contributed by atoms with Crippen LogP contribution in [-0.4, -0.2) is 68.7 Å². The normalized spacial score (nSPS) is 10.5. The van der Waals surface area contributed by atoms with E-state index in [9.17, 15) is 8.42 Å². The van der Waals surface area contributed by atoms with E-state index in [1.165, 1.54) is 12.2 Å². The van der Waals surface area contributed by atoms with E-state index in [0.717, 1.165) is 0 Å². The average Bonchev–Trinajstić information content (AvgIpc) is 2.09. The molecule has 0 heterocycles. The molecule has 0 fully saturated rings. The van der Waals surface area contributed by atoms with Crippen LogP contribution in [0, 0.1) is 0 Å². The summed E-state index contributed by atoms with van der Waals surface area (Å²) >= 11 is 0. The first-order valence-electron chi connectivity index (χ1n) is 3.58. The first-order valence-corrected chi connectivity index (χ1v) is 6.31. The van der Waals surface area contributed by atoms with Crippen molar-refractivity contribution >= 4 is 50.4 Å². The summed E-state index contributed by atoms with van der Waals surface area (Å²) in [5.41, 5.74) is 0. The van der Waals surface area contributed by atoms with Crippen LogP contribution in [0.25, 0.3) is 0 Å². The van der Waals surface area contributed by atoms with E-state index >= 15 is 0 Å². The molecular weight excluding hydrogens is 287 g/mol. The van der Waals surface area contributed by atoms with Crippen molar-refractivity contribution in [3.8, 4) is 0 Å². The van der Waals surface area contributed by atoms with Gasteiger partial charge in [0.25, 0.3) is 0 Å². The summed E-state index contributed by atoms with van der Waals surface area (Å²) in [6.45, 7) is 6.39. The van der Waals surface area contributed by atoms with Crippen LogP contribution < -0.4 is 0 Å². The second-order valence-electron chi connectivity index (χ2n) is 2.00. The summed E-state index contributed by atoms with van der Waals surface area (Å²) in [5.74, 6) is 0. The third-order valence-electron chi connectivity index (χ3n) is 0.660. The van der Waals surface area contributed by atoms with Crippen molar-refractivity contribution in [1.29, 1.82) is 0 Å². The van der Waals surface area contributed by atoms with Gasteiger partial charge in [-0.05, 0) is 0 Å². The second-order valence-corrected chi connectivity index (χ2v) is 4.19. The van der Waals surface area contributed by atoms with Crippen molar-refractivity contribution in [3.05, 3.63) is 25.3 Å². The van der Waals surface area contributed by atoms with Crippen molar-refractivity contribution in [2.75, 3.05) is 13.2 Å². The van der Waals surface area contributed by atoms with Gasteiger partial charge in [-0.3, -0.25) is 9.11 Å². The molecule has 17 heavy (non-hydrogen) atoms. The summed E-state index contributed by atoms with van der Waals surface area (Å²) in [6, 6.07) is 0. The topological polar surface area (TPSA) is 127 Å². The zero-order chi connectivity index (χ0) is 13.2. The predicted octanol–water partition coefficient (Wildman–Crippen LogP) is -0.665. The molecule has 0 bridgehead atoms. The Morgan fingerprint density at radius 2 is 1.18 bits per heavy atom. The maximum absolute atomic E-state index is 10.6. The minimum absolute atomic E-state index is 0. The van der Waals surface area contributed by atoms with E-state index in [0.29, 0.717) is 0 Å². The molecule has 8 nitrogen and oxygen atoms in total. The molecule has 98 valence electrons. The van der Waals surface area contributed by atoms with Crippen LogP contribution in [-0.2, 0) is 29.2 Å². The summed E-state index contributed by atoms with van der Waals surface area (Å²) in [6.07, 6.45) is 2.63. The van der Waals surface area contributed by atoms with E-state index in [-0.39, 0.29) is 42.8 Å². The Bertz CT molecular complexity index is 372. The van der Waals surface area contributed by atoms with E-state index in [4.69, 9.17) is 17.5 Å². The van der Waals surface area contributed by atoms with E-state index in [1.807, 2.05) is 0 Å². The van der Waals surface area contributed by atoms with Crippen LogP contribution in [0.5, 0.6) is 0 Å². The predicted molar refractivity (Wildman–Crippen MR) is 62.5 cm³/mol. The summed E-state index contributed by atoms with van der Waals surface area (Å²) < 4.78 is 61.3. The quantitative estimate of drug-likeness (QED) is 0.376. The number of rotatable bonds is 6.